The number of carbonyl (C=O) groups excluding carboxylic acids is 2. The molecule has 1 aliphatic heterocycles. The summed E-state index contributed by atoms with van der Waals surface area (Å²) in [6.07, 6.45) is 0. The number of amides is 1. The number of nitrogens with zero attached hydrogens (tertiary/aromatic N) is 1. The van der Waals surface area contributed by atoms with Crippen molar-refractivity contribution >= 4 is 23.1 Å². The van der Waals surface area contributed by atoms with Gasteiger partial charge in [-0.05, 0) is 56.3 Å². The van der Waals surface area contributed by atoms with Crippen molar-refractivity contribution in [2.75, 3.05) is 25.2 Å². The molecular weight excluding hydrogens is 465 g/mol. The first-order valence-corrected chi connectivity index (χ1v) is 11.5. The standard InChI is InChI=1S/C28H26FNO6/c1-4-35-19-14-15-21(23(16-19)36-5-2)26(31)24-25(20-8-6-7-9-22(20)34-3)30(28(33)27(24)32)18-12-10-17(29)11-13-18/h6-16,25,31H,4-5H2,1-3H3/b26-24+. The molecule has 4 rings (SSSR count). The Bertz CT molecular complexity index is 1320. The van der Waals surface area contributed by atoms with Gasteiger partial charge in [0.15, 0.2) is 0 Å². The molecule has 0 aliphatic carbocycles. The number of para-hydroxylation sites is 1. The molecule has 0 spiro atoms. The summed E-state index contributed by atoms with van der Waals surface area (Å²) < 4.78 is 30.4. The van der Waals surface area contributed by atoms with Crippen LogP contribution in [0.1, 0.15) is 31.0 Å². The average molecular weight is 492 g/mol. The molecule has 1 unspecified atom stereocenters. The van der Waals surface area contributed by atoms with E-state index in [0.29, 0.717) is 41.7 Å². The molecule has 1 fully saturated rings. The predicted molar refractivity (Wildman–Crippen MR) is 133 cm³/mol. The van der Waals surface area contributed by atoms with E-state index in [-0.39, 0.29) is 11.1 Å². The van der Waals surface area contributed by atoms with Gasteiger partial charge in [0.2, 0.25) is 0 Å². The molecule has 0 bridgehead atoms. The number of ether oxygens (including phenoxy) is 3. The van der Waals surface area contributed by atoms with E-state index in [4.69, 9.17) is 14.2 Å². The van der Waals surface area contributed by atoms with Crippen LogP contribution in [-0.2, 0) is 9.59 Å². The second kappa shape index (κ2) is 10.5. The smallest absolute Gasteiger partial charge is 0.300 e. The lowest BCUT2D eigenvalue weighted by molar-refractivity contribution is -0.132. The maximum atomic E-state index is 13.7. The summed E-state index contributed by atoms with van der Waals surface area (Å²) >= 11 is 0. The highest BCUT2D eigenvalue weighted by atomic mass is 19.1. The molecule has 0 radical (unpaired) electrons. The van der Waals surface area contributed by atoms with Gasteiger partial charge in [-0.1, -0.05) is 18.2 Å². The number of hydrogen-bond acceptors (Lipinski definition) is 6. The highest BCUT2D eigenvalue weighted by Gasteiger charge is 2.48. The zero-order valence-corrected chi connectivity index (χ0v) is 20.2. The minimum absolute atomic E-state index is 0.140. The lowest BCUT2D eigenvalue weighted by Gasteiger charge is -2.26. The Labute approximate surface area is 208 Å². The average Bonchev–Trinajstić information content (AvgIpc) is 3.15. The number of carbonyl (C=O) groups is 2. The quantitative estimate of drug-likeness (QED) is 0.263. The van der Waals surface area contributed by atoms with Crippen LogP contribution in [0.25, 0.3) is 5.76 Å². The van der Waals surface area contributed by atoms with Crippen LogP contribution >= 0.6 is 0 Å². The topological polar surface area (TPSA) is 85.3 Å². The molecule has 0 aromatic heterocycles. The lowest BCUT2D eigenvalue weighted by Crippen LogP contribution is -2.29. The van der Waals surface area contributed by atoms with Crippen molar-refractivity contribution in [3.8, 4) is 17.2 Å². The Kier molecular flexibility index (Phi) is 7.24. The normalized spacial score (nSPS) is 16.8. The van der Waals surface area contributed by atoms with Crippen LogP contribution in [0.2, 0.25) is 0 Å². The fourth-order valence-electron chi connectivity index (χ4n) is 4.26. The van der Waals surface area contributed by atoms with Crippen molar-refractivity contribution in [2.45, 2.75) is 19.9 Å². The van der Waals surface area contributed by atoms with Gasteiger partial charge in [-0.3, -0.25) is 14.5 Å². The van der Waals surface area contributed by atoms with Crippen molar-refractivity contribution in [1.29, 1.82) is 0 Å². The monoisotopic (exact) mass is 491 g/mol. The van der Waals surface area contributed by atoms with Crippen molar-refractivity contribution in [3.05, 3.63) is 89.2 Å². The molecule has 1 atom stereocenters. The van der Waals surface area contributed by atoms with Crippen LogP contribution in [0, 0.1) is 5.82 Å². The van der Waals surface area contributed by atoms with Crippen LogP contribution in [-0.4, -0.2) is 37.1 Å². The van der Waals surface area contributed by atoms with Crippen LogP contribution in [0.15, 0.2) is 72.3 Å². The molecule has 8 heteroatoms. The minimum Gasteiger partial charge on any atom is -0.507 e. The molecule has 1 aliphatic rings. The van der Waals surface area contributed by atoms with Crippen molar-refractivity contribution < 1.29 is 33.3 Å². The Balaban J connectivity index is 1.97. The molecule has 1 N–H and O–H groups in total. The zero-order valence-electron chi connectivity index (χ0n) is 20.2. The highest BCUT2D eigenvalue weighted by molar-refractivity contribution is 6.51. The first-order valence-electron chi connectivity index (χ1n) is 11.5. The molecule has 1 heterocycles. The number of aliphatic hydroxyl groups is 1. The third-order valence-corrected chi connectivity index (χ3v) is 5.80. The van der Waals surface area contributed by atoms with Crippen molar-refractivity contribution in [3.63, 3.8) is 0 Å². The maximum absolute atomic E-state index is 13.7. The lowest BCUT2D eigenvalue weighted by atomic mass is 9.94. The SMILES string of the molecule is CCOc1ccc(/C(O)=C2\C(=O)C(=O)N(c3ccc(F)cc3)C2c2ccccc2OC)c(OCC)c1. The number of hydrogen-bond donors (Lipinski definition) is 1. The number of anilines is 1. The second-order valence-electron chi connectivity index (χ2n) is 7.91. The number of benzene rings is 3. The van der Waals surface area contributed by atoms with Gasteiger partial charge in [-0.15, -0.1) is 0 Å². The summed E-state index contributed by atoms with van der Waals surface area (Å²) in [5, 5.41) is 11.5. The second-order valence-corrected chi connectivity index (χ2v) is 7.91. The first kappa shape index (κ1) is 24.8. The Morgan fingerprint density at radius 1 is 0.944 bits per heavy atom. The fourth-order valence-corrected chi connectivity index (χ4v) is 4.26. The van der Waals surface area contributed by atoms with Gasteiger partial charge in [-0.2, -0.15) is 0 Å². The highest BCUT2D eigenvalue weighted by Crippen LogP contribution is 2.46. The van der Waals surface area contributed by atoms with Gasteiger partial charge in [-0.25, -0.2) is 4.39 Å². The van der Waals surface area contributed by atoms with Crippen LogP contribution in [0.4, 0.5) is 10.1 Å². The van der Waals surface area contributed by atoms with Gasteiger partial charge in [0, 0.05) is 17.3 Å². The largest absolute Gasteiger partial charge is 0.507 e. The molecular formula is C28H26FNO6. The minimum atomic E-state index is -1.03. The number of methoxy groups -OCH3 is 1. The van der Waals surface area contributed by atoms with Gasteiger partial charge >= 0.3 is 0 Å². The van der Waals surface area contributed by atoms with E-state index in [2.05, 4.69) is 0 Å². The van der Waals surface area contributed by atoms with Crippen molar-refractivity contribution in [1.82, 2.24) is 0 Å². The van der Waals surface area contributed by atoms with Gasteiger partial charge in [0.05, 0.1) is 37.5 Å². The summed E-state index contributed by atoms with van der Waals surface area (Å²) in [6.45, 7) is 4.38. The van der Waals surface area contributed by atoms with Crippen LogP contribution < -0.4 is 19.1 Å². The summed E-state index contributed by atoms with van der Waals surface area (Å²) in [4.78, 5) is 28.0. The molecule has 1 amide bonds. The van der Waals surface area contributed by atoms with E-state index in [1.54, 1.807) is 49.4 Å². The molecule has 7 nitrogen and oxygen atoms in total. The Morgan fingerprint density at radius 3 is 2.31 bits per heavy atom. The number of aliphatic hydroxyl groups excluding tert-OH is 1. The predicted octanol–water partition coefficient (Wildman–Crippen LogP) is 5.26. The van der Waals surface area contributed by atoms with E-state index >= 15 is 0 Å². The number of ketones is 1. The van der Waals surface area contributed by atoms with Gasteiger partial charge in [0.25, 0.3) is 11.7 Å². The third kappa shape index (κ3) is 4.49. The van der Waals surface area contributed by atoms with Crippen LogP contribution in [0.3, 0.4) is 0 Å². The third-order valence-electron chi connectivity index (χ3n) is 5.80. The first-order chi connectivity index (χ1) is 17.4. The van der Waals surface area contributed by atoms with Gasteiger partial charge < -0.3 is 19.3 Å². The van der Waals surface area contributed by atoms with Crippen LogP contribution in [0.5, 0.6) is 17.2 Å². The van der Waals surface area contributed by atoms with E-state index in [9.17, 15) is 19.1 Å². The molecule has 0 saturated carbocycles. The summed E-state index contributed by atoms with van der Waals surface area (Å²) in [5.74, 6) is -1.38. The Hall–Kier alpha value is -4.33. The van der Waals surface area contributed by atoms with E-state index < -0.39 is 29.3 Å². The fraction of sp³-hybridized carbons (Fsp3) is 0.214. The summed E-state index contributed by atoms with van der Waals surface area (Å²) in [5.41, 5.74) is 0.871. The van der Waals surface area contributed by atoms with E-state index in [1.807, 2.05) is 6.92 Å². The number of halogens is 1. The Morgan fingerprint density at radius 2 is 1.64 bits per heavy atom. The maximum Gasteiger partial charge on any atom is 0.300 e. The van der Waals surface area contributed by atoms with Crippen molar-refractivity contribution in [2.24, 2.45) is 0 Å². The number of Topliss-reactive ketones (excluding diaryl/α,β-unsaturated/α-hetero) is 1. The van der Waals surface area contributed by atoms with E-state index in [0.717, 1.165) is 0 Å². The molecule has 1 saturated heterocycles. The number of rotatable bonds is 8. The zero-order chi connectivity index (χ0) is 25.8. The molecule has 36 heavy (non-hydrogen) atoms. The summed E-state index contributed by atoms with van der Waals surface area (Å²) in [6, 6.07) is 15.9. The molecule has 186 valence electrons. The molecule has 3 aromatic rings. The summed E-state index contributed by atoms with van der Waals surface area (Å²) in [7, 11) is 1.47. The molecule has 3 aromatic carbocycles. The van der Waals surface area contributed by atoms with Gasteiger partial charge in [0.1, 0.15) is 28.8 Å². The van der Waals surface area contributed by atoms with E-state index in [1.165, 1.54) is 36.3 Å².